The SMILES string of the molecule is CCC1CCCCCN1CCCC(N)=S. The minimum absolute atomic E-state index is 0.665. The van der Waals surface area contributed by atoms with Gasteiger partial charge >= 0.3 is 0 Å². The Balaban J connectivity index is 2.31. The second-order valence-electron chi connectivity index (χ2n) is 4.52. The van der Waals surface area contributed by atoms with Crippen molar-refractivity contribution in [3.05, 3.63) is 0 Å². The van der Waals surface area contributed by atoms with Gasteiger partial charge in [0.05, 0.1) is 4.99 Å². The molecule has 15 heavy (non-hydrogen) atoms. The first-order valence-electron chi connectivity index (χ1n) is 6.26. The van der Waals surface area contributed by atoms with Crippen molar-refractivity contribution < 1.29 is 0 Å². The lowest BCUT2D eigenvalue weighted by molar-refractivity contribution is 0.193. The van der Waals surface area contributed by atoms with Crippen molar-refractivity contribution in [2.24, 2.45) is 5.73 Å². The Morgan fingerprint density at radius 3 is 2.87 bits per heavy atom. The van der Waals surface area contributed by atoms with Crippen molar-refractivity contribution >= 4 is 17.2 Å². The van der Waals surface area contributed by atoms with Gasteiger partial charge in [-0.25, -0.2) is 0 Å². The van der Waals surface area contributed by atoms with Crippen LogP contribution in [0.4, 0.5) is 0 Å². The molecular weight excluding hydrogens is 204 g/mol. The standard InChI is InChI=1S/C12H24N2S/c1-2-11-7-4-3-5-9-14(11)10-6-8-12(13)15/h11H,2-10H2,1H3,(H2,13,15). The Hall–Kier alpha value is -0.150. The molecule has 0 aromatic rings. The first-order chi connectivity index (χ1) is 7.24. The number of nitrogens with zero attached hydrogens (tertiary/aromatic N) is 1. The predicted octanol–water partition coefficient (Wildman–Crippen LogP) is 2.71. The van der Waals surface area contributed by atoms with Crippen molar-refractivity contribution in [1.29, 1.82) is 0 Å². The molecule has 1 saturated heterocycles. The summed E-state index contributed by atoms with van der Waals surface area (Å²) in [6, 6.07) is 0.804. The fraction of sp³-hybridized carbons (Fsp3) is 0.917. The summed E-state index contributed by atoms with van der Waals surface area (Å²) in [5, 5.41) is 0. The number of hydrogen-bond acceptors (Lipinski definition) is 2. The molecule has 1 unspecified atom stereocenters. The summed E-state index contributed by atoms with van der Waals surface area (Å²) in [6.45, 7) is 4.75. The van der Waals surface area contributed by atoms with Gasteiger partial charge < -0.3 is 10.6 Å². The third kappa shape index (κ3) is 4.94. The maximum Gasteiger partial charge on any atom is 0.0727 e. The summed E-state index contributed by atoms with van der Waals surface area (Å²) in [4.78, 5) is 3.31. The third-order valence-corrected chi connectivity index (χ3v) is 3.54. The molecule has 0 saturated carbocycles. The van der Waals surface area contributed by atoms with Crippen LogP contribution in [0.2, 0.25) is 0 Å². The van der Waals surface area contributed by atoms with E-state index in [9.17, 15) is 0 Å². The third-order valence-electron chi connectivity index (χ3n) is 3.34. The van der Waals surface area contributed by atoms with Gasteiger partial charge in [0.25, 0.3) is 0 Å². The van der Waals surface area contributed by atoms with Gasteiger partial charge in [0.2, 0.25) is 0 Å². The number of thiocarbonyl (C=S) groups is 1. The molecule has 88 valence electrons. The molecule has 1 aliphatic heterocycles. The van der Waals surface area contributed by atoms with Crippen molar-refractivity contribution in [2.75, 3.05) is 13.1 Å². The fourth-order valence-electron chi connectivity index (χ4n) is 2.45. The average molecular weight is 228 g/mol. The predicted molar refractivity (Wildman–Crippen MR) is 70.1 cm³/mol. The smallest absolute Gasteiger partial charge is 0.0727 e. The van der Waals surface area contributed by atoms with Gasteiger partial charge in [0, 0.05) is 6.04 Å². The largest absolute Gasteiger partial charge is 0.393 e. The van der Waals surface area contributed by atoms with Crippen LogP contribution in [0, 0.1) is 0 Å². The van der Waals surface area contributed by atoms with Gasteiger partial charge in [0.15, 0.2) is 0 Å². The van der Waals surface area contributed by atoms with Crippen molar-refractivity contribution in [1.82, 2.24) is 4.90 Å². The molecule has 3 heteroatoms. The van der Waals surface area contributed by atoms with E-state index in [0.29, 0.717) is 4.99 Å². The van der Waals surface area contributed by atoms with E-state index in [0.717, 1.165) is 18.9 Å². The summed E-state index contributed by atoms with van der Waals surface area (Å²) < 4.78 is 0. The van der Waals surface area contributed by atoms with Crippen molar-refractivity contribution in [3.63, 3.8) is 0 Å². The number of hydrogen-bond donors (Lipinski definition) is 1. The lowest BCUT2D eigenvalue weighted by Gasteiger charge is -2.28. The van der Waals surface area contributed by atoms with E-state index < -0.39 is 0 Å². The Morgan fingerprint density at radius 1 is 1.40 bits per heavy atom. The van der Waals surface area contributed by atoms with Gasteiger partial charge in [-0.1, -0.05) is 32.0 Å². The number of nitrogens with two attached hydrogens (primary N) is 1. The molecular formula is C12H24N2S. The van der Waals surface area contributed by atoms with Crippen LogP contribution in [-0.2, 0) is 0 Å². The van der Waals surface area contributed by atoms with E-state index >= 15 is 0 Å². The Morgan fingerprint density at radius 2 is 2.20 bits per heavy atom. The lowest BCUT2D eigenvalue weighted by Crippen LogP contribution is -2.35. The van der Waals surface area contributed by atoms with Gasteiger partial charge in [-0.05, 0) is 45.2 Å². The van der Waals surface area contributed by atoms with Gasteiger partial charge in [-0.3, -0.25) is 0 Å². The normalized spacial score (nSPS) is 23.7. The maximum atomic E-state index is 5.52. The summed E-state index contributed by atoms with van der Waals surface area (Å²) in [7, 11) is 0. The summed E-state index contributed by atoms with van der Waals surface area (Å²) in [5.74, 6) is 0. The van der Waals surface area contributed by atoms with Crippen LogP contribution in [0.15, 0.2) is 0 Å². The van der Waals surface area contributed by atoms with Crippen molar-refractivity contribution in [2.45, 2.75) is 57.9 Å². The van der Waals surface area contributed by atoms with E-state index in [-0.39, 0.29) is 0 Å². The van der Waals surface area contributed by atoms with Crippen LogP contribution < -0.4 is 5.73 Å². The summed E-state index contributed by atoms with van der Waals surface area (Å²) >= 11 is 4.91. The highest BCUT2D eigenvalue weighted by atomic mass is 32.1. The zero-order valence-corrected chi connectivity index (χ0v) is 10.7. The van der Waals surface area contributed by atoms with E-state index in [1.54, 1.807) is 0 Å². The summed E-state index contributed by atoms with van der Waals surface area (Å²) in [6.07, 6.45) is 8.88. The molecule has 1 aliphatic rings. The fourth-order valence-corrected chi connectivity index (χ4v) is 2.59. The van der Waals surface area contributed by atoms with Crippen LogP contribution in [0.1, 0.15) is 51.9 Å². The van der Waals surface area contributed by atoms with Gasteiger partial charge in [-0.15, -0.1) is 0 Å². The quantitative estimate of drug-likeness (QED) is 0.734. The molecule has 0 radical (unpaired) electrons. The molecule has 0 bridgehead atoms. The molecule has 1 fully saturated rings. The Labute approximate surface area is 99.2 Å². The minimum atomic E-state index is 0.665. The second kappa shape index (κ2) is 7.18. The molecule has 2 N–H and O–H groups in total. The first-order valence-corrected chi connectivity index (χ1v) is 6.67. The topological polar surface area (TPSA) is 29.3 Å². The molecule has 0 aromatic carbocycles. The van der Waals surface area contributed by atoms with E-state index in [4.69, 9.17) is 18.0 Å². The second-order valence-corrected chi connectivity index (χ2v) is 5.04. The van der Waals surface area contributed by atoms with E-state index in [2.05, 4.69) is 11.8 Å². The minimum Gasteiger partial charge on any atom is -0.393 e. The zero-order chi connectivity index (χ0) is 11.1. The van der Waals surface area contributed by atoms with Crippen LogP contribution in [-0.4, -0.2) is 29.0 Å². The van der Waals surface area contributed by atoms with Crippen molar-refractivity contribution in [3.8, 4) is 0 Å². The molecule has 1 rings (SSSR count). The van der Waals surface area contributed by atoms with Crippen LogP contribution >= 0.6 is 12.2 Å². The van der Waals surface area contributed by atoms with Gasteiger partial charge in [-0.2, -0.15) is 0 Å². The zero-order valence-electron chi connectivity index (χ0n) is 9.87. The highest BCUT2D eigenvalue weighted by Gasteiger charge is 2.18. The highest BCUT2D eigenvalue weighted by Crippen LogP contribution is 2.19. The molecule has 2 nitrogen and oxygen atoms in total. The molecule has 0 spiro atoms. The summed E-state index contributed by atoms with van der Waals surface area (Å²) in [5.41, 5.74) is 5.52. The van der Waals surface area contributed by atoms with Gasteiger partial charge in [0.1, 0.15) is 0 Å². The van der Waals surface area contributed by atoms with E-state index in [1.807, 2.05) is 0 Å². The molecule has 0 aromatic heterocycles. The Kier molecular flexibility index (Phi) is 6.18. The first kappa shape index (κ1) is 12.9. The van der Waals surface area contributed by atoms with Crippen LogP contribution in [0.3, 0.4) is 0 Å². The Bertz CT molecular complexity index is 194. The molecule has 1 atom stereocenters. The van der Waals surface area contributed by atoms with Crippen LogP contribution in [0.25, 0.3) is 0 Å². The highest BCUT2D eigenvalue weighted by molar-refractivity contribution is 7.80. The van der Waals surface area contributed by atoms with Crippen LogP contribution in [0.5, 0.6) is 0 Å². The molecule has 0 amide bonds. The molecule has 1 heterocycles. The average Bonchev–Trinajstić information content (AvgIpc) is 2.42. The van der Waals surface area contributed by atoms with E-state index in [1.165, 1.54) is 45.2 Å². The molecule has 0 aliphatic carbocycles. The number of likely N-dealkylation sites (tertiary alicyclic amines) is 1. The monoisotopic (exact) mass is 228 g/mol. The lowest BCUT2D eigenvalue weighted by atomic mass is 10.1. The number of rotatable bonds is 5. The maximum absolute atomic E-state index is 5.52.